The normalized spacial score (nSPS) is 23.0. The van der Waals surface area contributed by atoms with Gasteiger partial charge in [-0.2, -0.15) is 0 Å². The van der Waals surface area contributed by atoms with Crippen molar-refractivity contribution >= 4 is 38.8 Å². The Labute approximate surface area is 163 Å². The van der Waals surface area contributed by atoms with Gasteiger partial charge in [0.2, 0.25) is 0 Å². The molecule has 0 aromatic heterocycles. The van der Waals surface area contributed by atoms with Crippen molar-refractivity contribution < 1.29 is 0 Å². The molecule has 2 aromatic rings. The Kier molecular flexibility index (Phi) is 4.89. The van der Waals surface area contributed by atoms with Crippen LogP contribution in [0.25, 0.3) is 0 Å². The SMILES string of the molecule is Cc1ccc([Se]C2([Se]c3ccc(C)cc3)C3C=CC=CC2C=C3)cc1. The molecule has 0 aliphatic heterocycles. The molecule has 0 amide bonds. The first-order chi connectivity index (χ1) is 12.2. The van der Waals surface area contributed by atoms with Crippen molar-refractivity contribution in [1.29, 1.82) is 0 Å². The van der Waals surface area contributed by atoms with E-state index in [1.807, 2.05) is 0 Å². The predicted molar refractivity (Wildman–Crippen MR) is 110 cm³/mol. The van der Waals surface area contributed by atoms with Crippen LogP contribution in [0.1, 0.15) is 11.1 Å². The summed E-state index contributed by atoms with van der Waals surface area (Å²) < 4.78 is 3.37. The average molecular weight is 456 g/mol. The minimum atomic E-state index is 0.327. The van der Waals surface area contributed by atoms with E-state index in [1.54, 1.807) is 0 Å². The van der Waals surface area contributed by atoms with E-state index in [9.17, 15) is 0 Å². The van der Waals surface area contributed by atoms with Crippen LogP contribution in [-0.4, -0.2) is 29.9 Å². The second-order valence-electron chi connectivity index (χ2n) is 6.76. The minimum absolute atomic E-state index is 0.327. The molecule has 0 heterocycles. The maximum absolute atomic E-state index is 2.45. The van der Waals surface area contributed by atoms with Gasteiger partial charge in [0.1, 0.15) is 0 Å². The molecule has 0 radical (unpaired) electrons. The summed E-state index contributed by atoms with van der Waals surface area (Å²) in [5.41, 5.74) is 2.69. The van der Waals surface area contributed by atoms with Crippen LogP contribution >= 0.6 is 0 Å². The molecule has 2 atom stereocenters. The number of hydrogen-bond acceptors (Lipinski definition) is 0. The van der Waals surface area contributed by atoms with Gasteiger partial charge in [-0.1, -0.05) is 0 Å². The molecule has 25 heavy (non-hydrogen) atoms. The van der Waals surface area contributed by atoms with Crippen molar-refractivity contribution in [3.63, 3.8) is 0 Å². The predicted octanol–water partition coefficient (Wildman–Crippen LogP) is 3.71. The van der Waals surface area contributed by atoms with Crippen molar-refractivity contribution in [1.82, 2.24) is 0 Å². The molecule has 0 nitrogen and oxygen atoms in total. The Balaban J connectivity index is 1.73. The Morgan fingerprint density at radius 2 is 1.00 bits per heavy atom. The topological polar surface area (TPSA) is 0 Å². The van der Waals surface area contributed by atoms with Gasteiger partial charge in [0.05, 0.1) is 0 Å². The molecular formula is C23H22Se2. The van der Waals surface area contributed by atoms with E-state index in [0.29, 0.717) is 45.0 Å². The zero-order valence-corrected chi connectivity index (χ0v) is 18.0. The summed E-state index contributed by atoms with van der Waals surface area (Å²) in [7, 11) is 0. The van der Waals surface area contributed by atoms with Crippen molar-refractivity contribution in [2.45, 2.75) is 17.1 Å². The van der Waals surface area contributed by atoms with Gasteiger partial charge in [-0.15, -0.1) is 0 Å². The summed E-state index contributed by atoms with van der Waals surface area (Å²) in [6.07, 6.45) is 14.3. The van der Waals surface area contributed by atoms with Crippen molar-refractivity contribution in [3.05, 3.63) is 96.1 Å². The quantitative estimate of drug-likeness (QED) is 0.486. The first kappa shape index (κ1) is 17.1. The van der Waals surface area contributed by atoms with Crippen LogP contribution in [0.3, 0.4) is 0 Å². The zero-order chi connectivity index (χ0) is 17.3. The van der Waals surface area contributed by atoms with Crippen LogP contribution in [0.4, 0.5) is 0 Å². The molecule has 0 saturated heterocycles. The van der Waals surface area contributed by atoms with Crippen LogP contribution in [0.5, 0.6) is 0 Å². The van der Waals surface area contributed by atoms with Gasteiger partial charge in [0, 0.05) is 0 Å². The van der Waals surface area contributed by atoms with Gasteiger partial charge < -0.3 is 0 Å². The monoisotopic (exact) mass is 458 g/mol. The average Bonchev–Trinajstić information content (AvgIpc) is 2.80. The zero-order valence-electron chi connectivity index (χ0n) is 14.6. The standard InChI is InChI=1S/C23H22Se2/c1-17-7-13-21(14-8-17)24-23(25-22-15-9-18(2)10-16-22)19-5-3-4-6-20(23)12-11-19/h3-16,19-20H,1-2H3. The van der Waals surface area contributed by atoms with Crippen LogP contribution in [-0.2, 0) is 0 Å². The van der Waals surface area contributed by atoms with Crippen LogP contribution in [0, 0.1) is 25.7 Å². The summed E-state index contributed by atoms with van der Waals surface area (Å²) in [6.45, 7) is 4.34. The Bertz CT molecular complexity index is 754. The molecule has 2 bridgehead atoms. The number of hydrogen-bond donors (Lipinski definition) is 0. The third-order valence-corrected chi connectivity index (χ3v) is 12.4. The summed E-state index contributed by atoms with van der Waals surface area (Å²) >= 11 is 0.868. The van der Waals surface area contributed by atoms with Crippen LogP contribution < -0.4 is 8.92 Å². The first-order valence-electron chi connectivity index (χ1n) is 8.70. The van der Waals surface area contributed by atoms with Gasteiger partial charge in [-0.05, 0) is 0 Å². The molecular weight excluding hydrogens is 434 g/mol. The van der Waals surface area contributed by atoms with E-state index in [-0.39, 0.29) is 0 Å². The van der Waals surface area contributed by atoms with Gasteiger partial charge >= 0.3 is 164 Å². The number of fused-ring (bicyclic) bond motifs is 2. The molecule has 2 aliphatic rings. The van der Waals surface area contributed by atoms with E-state index >= 15 is 0 Å². The summed E-state index contributed by atoms with van der Waals surface area (Å²) in [5, 5.41) is 0. The molecule has 0 spiro atoms. The Morgan fingerprint density at radius 3 is 1.40 bits per heavy atom. The van der Waals surface area contributed by atoms with Gasteiger partial charge in [-0.25, -0.2) is 0 Å². The van der Waals surface area contributed by atoms with E-state index in [2.05, 4.69) is 98.8 Å². The van der Waals surface area contributed by atoms with Gasteiger partial charge in [-0.3, -0.25) is 0 Å². The maximum atomic E-state index is 2.45. The number of aryl methyl sites for hydroxylation is 2. The van der Waals surface area contributed by atoms with Gasteiger partial charge in [0.25, 0.3) is 0 Å². The number of benzene rings is 2. The van der Waals surface area contributed by atoms with Crippen molar-refractivity contribution in [3.8, 4) is 0 Å². The second-order valence-corrected chi connectivity index (χ2v) is 13.7. The molecule has 0 N–H and O–H groups in total. The fourth-order valence-corrected chi connectivity index (χ4v) is 11.2. The van der Waals surface area contributed by atoms with E-state index in [4.69, 9.17) is 0 Å². The third kappa shape index (κ3) is 3.50. The third-order valence-electron chi connectivity index (χ3n) is 4.80. The molecule has 0 fully saturated rings. The molecule has 2 heteroatoms. The Morgan fingerprint density at radius 1 is 0.600 bits per heavy atom. The molecule has 0 saturated carbocycles. The molecule has 2 unspecified atom stereocenters. The summed E-state index contributed by atoms with van der Waals surface area (Å²) in [6, 6.07) is 18.5. The fourth-order valence-electron chi connectivity index (χ4n) is 3.37. The van der Waals surface area contributed by atoms with Crippen LogP contribution in [0.15, 0.2) is 85.0 Å². The van der Waals surface area contributed by atoms with Crippen molar-refractivity contribution in [2.75, 3.05) is 0 Å². The molecule has 126 valence electrons. The molecule has 2 aromatic carbocycles. The van der Waals surface area contributed by atoms with E-state index in [1.165, 1.54) is 20.1 Å². The first-order valence-corrected chi connectivity index (χ1v) is 12.1. The van der Waals surface area contributed by atoms with E-state index in [0.717, 1.165) is 0 Å². The molecule has 4 rings (SSSR count). The van der Waals surface area contributed by atoms with Crippen LogP contribution in [0.2, 0.25) is 3.21 Å². The summed E-state index contributed by atoms with van der Waals surface area (Å²) in [5.74, 6) is 1.10. The van der Waals surface area contributed by atoms with Gasteiger partial charge in [0.15, 0.2) is 0 Å². The second kappa shape index (κ2) is 7.14. The molecule has 2 aliphatic carbocycles. The van der Waals surface area contributed by atoms with Crippen molar-refractivity contribution in [2.24, 2.45) is 11.8 Å². The summed E-state index contributed by atoms with van der Waals surface area (Å²) in [4.78, 5) is 0. The van der Waals surface area contributed by atoms with E-state index < -0.39 is 0 Å². The Hall–Kier alpha value is -1.30. The fraction of sp³-hybridized carbons (Fsp3) is 0.217. The number of rotatable bonds is 4. The number of allylic oxidation sites excluding steroid dienone is 6.